The van der Waals surface area contributed by atoms with Crippen molar-refractivity contribution in [3.05, 3.63) is 24.3 Å². The molecule has 1 aromatic carbocycles. The molecule has 0 aliphatic carbocycles. The number of esters is 1. The third kappa shape index (κ3) is 5.23. The van der Waals surface area contributed by atoms with E-state index < -0.39 is 0 Å². The molecule has 0 bridgehead atoms. The molecule has 7 nitrogen and oxygen atoms in total. The Kier molecular flexibility index (Phi) is 7.28. The minimum atomic E-state index is -0.234. The smallest absolute Gasteiger partial charge is 0.309 e. The highest BCUT2D eigenvalue weighted by molar-refractivity contribution is 5.94. The zero-order valence-electron chi connectivity index (χ0n) is 16.9. The van der Waals surface area contributed by atoms with Crippen molar-refractivity contribution in [3.8, 4) is 0 Å². The van der Waals surface area contributed by atoms with Gasteiger partial charge in [-0.2, -0.15) is 0 Å². The van der Waals surface area contributed by atoms with E-state index in [0.717, 1.165) is 63.6 Å². The number of amides is 1. The Morgan fingerprint density at radius 1 is 1.14 bits per heavy atom. The maximum absolute atomic E-state index is 12.6. The molecule has 2 fully saturated rings. The molecule has 1 aromatic rings. The Bertz CT molecular complexity index is 650. The summed E-state index contributed by atoms with van der Waals surface area (Å²) < 4.78 is 10.5. The summed E-state index contributed by atoms with van der Waals surface area (Å²) in [5.74, 6) is -0.174. The molecule has 7 heteroatoms. The molecular formula is C21H31N3O4. The molecule has 0 spiro atoms. The van der Waals surface area contributed by atoms with Crippen molar-refractivity contribution in [3.63, 3.8) is 0 Å². The molecule has 2 aliphatic heterocycles. The number of hydrogen-bond donors (Lipinski definition) is 1. The van der Waals surface area contributed by atoms with E-state index in [1.807, 2.05) is 38.1 Å². The molecule has 0 unspecified atom stereocenters. The monoisotopic (exact) mass is 389 g/mol. The van der Waals surface area contributed by atoms with Crippen LogP contribution >= 0.6 is 0 Å². The standard InChI is InChI=1S/C21H31N3O4/c1-3-28-21(26)17-8-10-23(11-9-17)16(2)20(25)22-18-4-6-19(7-5-18)24-12-14-27-15-13-24/h4-7,16-17H,3,8-15H2,1-2H3,(H,22,25)/t16-/m1/s1. The molecule has 2 saturated heterocycles. The molecule has 154 valence electrons. The number of morpholine rings is 1. The highest BCUT2D eigenvalue weighted by Crippen LogP contribution is 2.22. The van der Waals surface area contributed by atoms with Crippen LogP contribution in [0.15, 0.2) is 24.3 Å². The van der Waals surface area contributed by atoms with Crippen molar-refractivity contribution in [2.75, 3.05) is 56.2 Å². The van der Waals surface area contributed by atoms with Gasteiger partial charge in [0.25, 0.3) is 0 Å². The van der Waals surface area contributed by atoms with Crippen LogP contribution in [-0.4, -0.2) is 68.8 Å². The van der Waals surface area contributed by atoms with Gasteiger partial charge in [-0.25, -0.2) is 0 Å². The summed E-state index contributed by atoms with van der Waals surface area (Å²) in [5.41, 5.74) is 1.95. The van der Waals surface area contributed by atoms with Crippen molar-refractivity contribution >= 4 is 23.3 Å². The average molecular weight is 389 g/mol. The minimum Gasteiger partial charge on any atom is -0.466 e. The number of likely N-dealkylation sites (tertiary alicyclic amines) is 1. The van der Waals surface area contributed by atoms with Crippen LogP contribution in [0.2, 0.25) is 0 Å². The molecule has 0 aromatic heterocycles. The fraction of sp³-hybridized carbons (Fsp3) is 0.619. The number of nitrogens with one attached hydrogen (secondary N) is 1. The van der Waals surface area contributed by atoms with Crippen molar-refractivity contribution in [2.45, 2.75) is 32.7 Å². The van der Waals surface area contributed by atoms with Crippen LogP contribution in [0.5, 0.6) is 0 Å². The largest absolute Gasteiger partial charge is 0.466 e. The lowest BCUT2D eigenvalue weighted by Gasteiger charge is -2.34. The molecular weight excluding hydrogens is 358 g/mol. The zero-order valence-corrected chi connectivity index (χ0v) is 16.9. The summed E-state index contributed by atoms with van der Waals surface area (Å²) in [6, 6.07) is 7.74. The van der Waals surface area contributed by atoms with Crippen LogP contribution in [0.1, 0.15) is 26.7 Å². The van der Waals surface area contributed by atoms with Gasteiger partial charge in [-0.1, -0.05) is 0 Å². The summed E-state index contributed by atoms with van der Waals surface area (Å²) in [5, 5.41) is 3.01. The van der Waals surface area contributed by atoms with Gasteiger partial charge in [0.05, 0.1) is 31.8 Å². The molecule has 2 heterocycles. The van der Waals surface area contributed by atoms with Crippen LogP contribution in [0.4, 0.5) is 11.4 Å². The maximum atomic E-state index is 12.6. The summed E-state index contributed by atoms with van der Waals surface area (Å²) in [6.07, 6.45) is 1.48. The number of anilines is 2. The van der Waals surface area contributed by atoms with E-state index in [-0.39, 0.29) is 23.8 Å². The quantitative estimate of drug-likeness (QED) is 0.752. The number of hydrogen-bond acceptors (Lipinski definition) is 6. The molecule has 2 aliphatic rings. The van der Waals surface area contributed by atoms with E-state index in [2.05, 4.69) is 15.1 Å². The molecule has 1 N–H and O–H groups in total. The lowest BCUT2D eigenvalue weighted by Crippen LogP contribution is -2.47. The predicted molar refractivity (Wildman–Crippen MR) is 108 cm³/mol. The second-order valence-corrected chi connectivity index (χ2v) is 7.37. The fourth-order valence-electron chi connectivity index (χ4n) is 3.77. The first-order valence-corrected chi connectivity index (χ1v) is 10.2. The first kappa shape index (κ1) is 20.6. The van der Waals surface area contributed by atoms with Gasteiger partial charge in [0.15, 0.2) is 0 Å². The van der Waals surface area contributed by atoms with Gasteiger partial charge in [0, 0.05) is 24.5 Å². The fourth-order valence-corrected chi connectivity index (χ4v) is 3.77. The lowest BCUT2D eigenvalue weighted by atomic mass is 9.96. The van der Waals surface area contributed by atoms with Crippen molar-refractivity contribution in [1.82, 2.24) is 4.90 Å². The summed E-state index contributed by atoms with van der Waals surface area (Å²) in [4.78, 5) is 28.9. The van der Waals surface area contributed by atoms with Crippen molar-refractivity contribution in [2.24, 2.45) is 5.92 Å². The van der Waals surface area contributed by atoms with Gasteiger partial charge >= 0.3 is 5.97 Å². The van der Waals surface area contributed by atoms with Gasteiger partial charge in [0.2, 0.25) is 5.91 Å². The molecule has 3 rings (SSSR count). The van der Waals surface area contributed by atoms with Crippen LogP contribution in [0, 0.1) is 5.92 Å². The van der Waals surface area contributed by atoms with Crippen LogP contribution < -0.4 is 10.2 Å². The molecule has 1 amide bonds. The highest BCUT2D eigenvalue weighted by atomic mass is 16.5. The highest BCUT2D eigenvalue weighted by Gasteiger charge is 2.30. The Morgan fingerprint density at radius 3 is 2.39 bits per heavy atom. The number of nitrogens with zero attached hydrogens (tertiary/aromatic N) is 2. The number of ether oxygens (including phenoxy) is 2. The Morgan fingerprint density at radius 2 is 1.79 bits per heavy atom. The third-order valence-corrected chi connectivity index (χ3v) is 5.59. The maximum Gasteiger partial charge on any atom is 0.309 e. The van der Waals surface area contributed by atoms with Gasteiger partial charge in [-0.05, 0) is 64.0 Å². The molecule has 0 saturated carbocycles. The second-order valence-electron chi connectivity index (χ2n) is 7.37. The van der Waals surface area contributed by atoms with Gasteiger partial charge in [-0.15, -0.1) is 0 Å². The van der Waals surface area contributed by atoms with Gasteiger partial charge in [-0.3, -0.25) is 14.5 Å². The van der Waals surface area contributed by atoms with Gasteiger partial charge in [0.1, 0.15) is 0 Å². The first-order chi connectivity index (χ1) is 13.6. The molecule has 28 heavy (non-hydrogen) atoms. The van der Waals surface area contributed by atoms with E-state index in [0.29, 0.717) is 6.61 Å². The SMILES string of the molecule is CCOC(=O)C1CCN([C@H](C)C(=O)Nc2ccc(N3CCOCC3)cc2)CC1. The zero-order chi connectivity index (χ0) is 19.9. The Labute approximate surface area is 167 Å². The van der Waals surface area contributed by atoms with Crippen LogP contribution in [0.25, 0.3) is 0 Å². The normalized spacial score (nSPS) is 19.9. The average Bonchev–Trinajstić information content (AvgIpc) is 2.74. The van der Waals surface area contributed by atoms with Crippen LogP contribution in [-0.2, 0) is 19.1 Å². The second kappa shape index (κ2) is 9.89. The Hall–Kier alpha value is -2.12. The summed E-state index contributed by atoms with van der Waals surface area (Å²) >= 11 is 0. The van der Waals surface area contributed by atoms with E-state index in [1.165, 1.54) is 0 Å². The molecule has 1 atom stereocenters. The molecule has 0 radical (unpaired) electrons. The number of rotatable bonds is 6. The summed E-state index contributed by atoms with van der Waals surface area (Å²) in [6.45, 7) is 8.92. The minimum absolute atomic E-state index is 0.0197. The lowest BCUT2D eigenvalue weighted by molar-refractivity contribution is -0.149. The van der Waals surface area contributed by atoms with Crippen molar-refractivity contribution < 1.29 is 19.1 Å². The third-order valence-electron chi connectivity index (χ3n) is 5.59. The van der Waals surface area contributed by atoms with E-state index in [9.17, 15) is 9.59 Å². The topological polar surface area (TPSA) is 71.1 Å². The number of carbonyl (C=O) groups excluding carboxylic acids is 2. The number of carbonyl (C=O) groups is 2. The Balaban J connectivity index is 1.48. The van der Waals surface area contributed by atoms with Crippen molar-refractivity contribution in [1.29, 1.82) is 0 Å². The van der Waals surface area contributed by atoms with E-state index in [1.54, 1.807) is 0 Å². The first-order valence-electron chi connectivity index (χ1n) is 10.2. The number of piperidine rings is 1. The predicted octanol–water partition coefficient (Wildman–Crippen LogP) is 2.13. The van der Waals surface area contributed by atoms with E-state index in [4.69, 9.17) is 9.47 Å². The van der Waals surface area contributed by atoms with Gasteiger partial charge < -0.3 is 19.7 Å². The van der Waals surface area contributed by atoms with Crippen LogP contribution in [0.3, 0.4) is 0 Å². The van der Waals surface area contributed by atoms with E-state index >= 15 is 0 Å². The summed E-state index contributed by atoms with van der Waals surface area (Å²) in [7, 11) is 0. The number of benzene rings is 1.